The molecule has 0 aliphatic heterocycles. The molecule has 5 rings (SSSR count). The molecule has 9 heteroatoms. The van der Waals surface area contributed by atoms with Gasteiger partial charge in [0.1, 0.15) is 19.0 Å². The van der Waals surface area contributed by atoms with E-state index < -0.39 is 28.1 Å². The fourth-order valence-corrected chi connectivity index (χ4v) is 5.54. The minimum Gasteiger partial charge on any atom is -0.461 e. The van der Waals surface area contributed by atoms with Crippen LogP contribution in [-0.4, -0.2) is 39.9 Å². The zero-order valence-corrected chi connectivity index (χ0v) is 23.9. The summed E-state index contributed by atoms with van der Waals surface area (Å²) in [6.07, 6.45) is 0.583. The van der Waals surface area contributed by atoms with E-state index in [-0.39, 0.29) is 37.8 Å². The third-order valence-corrected chi connectivity index (χ3v) is 7.54. The molecule has 0 bridgehead atoms. The van der Waals surface area contributed by atoms with Crippen molar-refractivity contribution in [3.05, 3.63) is 125 Å². The highest BCUT2D eigenvalue weighted by Crippen LogP contribution is 2.44. The molecule has 0 heterocycles. The summed E-state index contributed by atoms with van der Waals surface area (Å²) >= 11 is 0. The summed E-state index contributed by atoms with van der Waals surface area (Å²) < 4.78 is 38.9. The van der Waals surface area contributed by atoms with Crippen molar-refractivity contribution in [3.63, 3.8) is 0 Å². The van der Waals surface area contributed by atoms with E-state index in [9.17, 15) is 18.0 Å². The van der Waals surface area contributed by atoms with Gasteiger partial charge in [-0.2, -0.15) is 8.42 Å². The number of benzene rings is 4. The lowest BCUT2D eigenvalue weighted by Gasteiger charge is -2.18. The van der Waals surface area contributed by atoms with Gasteiger partial charge >= 0.3 is 22.2 Å². The predicted octanol–water partition coefficient (Wildman–Crippen LogP) is 5.47. The van der Waals surface area contributed by atoms with Crippen molar-refractivity contribution in [2.45, 2.75) is 18.9 Å². The summed E-state index contributed by atoms with van der Waals surface area (Å²) in [6.45, 7) is 0.249. The maximum absolute atomic E-state index is 13.1. The van der Waals surface area contributed by atoms with E-state index in [2.05, 4.69) is 17.4 Å². The molecule has 8 nitrogen and oxygen atoms in total. The van der Waals surface area contributed by atoms with E-state index in [4.69, 9.17) is 13.7 Å². The van der Waals surface area contributed by atoms with Crippen LogP contribution in [0.2, 0.25) is 0 Å². The Morgan fingerprint density at radius 2 is 1.36 bits per heavy atom. The third kappa shape index (κ3) is 7.36. The van der Waals surface area contributed by atoms with E-state index in [0.717, 1.165) is 39.6 Å². The normalized spacial score (nSPS) is 13.0. The first-order valence-electron chi connectivity index (χ1n) is 13.5. The second kappa shape index (κ2) is 12.9. The van der Waals surface area contributed by atoms with E-state index in [0.29, 0.717) is 0 Å². The van der Waals surface area contributed by atoms with Crippen LogP contribution in [0.1, 0.15) is 28.2 Å². The van der Waals surface area contributed by atoms with Gasteiger partial charge in [0.15, 0.2) is 0 Å². The quantitative estimate of drug-likeness (QED) is 0.184. The van der Waals surface area contributed by atoms with E-state index in [1.165, 1.54) is 12.1 Å². The molecular weight excluding hydrogens is 554 g/mol. The number of hydrogen-bond acceptors (Lipinski definition) is 7. The smallest absolute Gasteiger partial charge is 0.407 e. The van der Waals surface area contributed by atoms with Crippen molar-refractivity contribution in [3.8, 4) is 16.9 Å². The Morgan fingerprint density at radius 1 is 0.762 bits per heavy atom. The monoisotopic (exact) mass is 585 g/mol. The highest BCUT2D eigenvalue weighted by atomic mass is 32.2. The van der Waals surface area contributed by atoms with Crippen LogP contribution in [0.5, 0.6) is 5.75 Å². The number of fused-ring (bicyclic) bond motifs is 3. The Labute approximate surface area is 245 Å². The van der Waals surface area contributed by atoms with Gasteiger partial charge in [-0.25, -0.2) is 4.79 Å². The van der Waals surface area contributed by atoms with E-state index >= 15 is 0 Å². The minimum absolute atomic E-state index is 0.00805. The standard InChI is InChI=1S/C33H31NO7S/c1-42(37,38)41-26-17-15-23(16-18-26)19-25(32(35)39-21-24-9-3-2-4-10-24)20-34-33(36)40-22-31-29-13-7-5-11-27(29)28-12-6-8-14-30(28)31/h2-18,25,31H,19-22H2,1H3,(H,34,36). The molecule has 1 aliphatic rings. The van der Waals surface area contributed by atoms with Crippen molar-refractivity contribution in [1.82, 2.24) is 5.32 Å². The fraction of sp³-hybridized carbons (Fsp3) is 0.212. The van der Waals surface area contributed by atoms with Crippen molar-refractivity contribution in [1.29, 1.82) is 0 Å². The molecular formula is C33H31NO7S. The Kier molecular flexibility index (Phi) is 8.88. The summed E-state index contributed by atoms with van der Waals surface area (Å²) in [5.74, 6) is -1.10. The zero-order chi connectivity index (χ0) is 29.5. The molecule has 4 aromatic carbocycles. The molecule has 0 aromatic heterocycles. The average molecular weight is 586 g/mol. The van der Waals surface area contributed by atoms with Gasteiger partial charge in [-0.1, -0.05) is 91.0 Å². The highest BCUT2D eigenvalue weighted by molar-refractivity contribution is 7.86. The maximum atomic E-state index is 13.1. The van der Waals surface area contributed by atoms with Crippen molar-refractivity contribution >= 4 is 22.2 Å². The van der Waals surface area contributed by atoms with Crippen LogP contribution in [0.4, 0.5) is 4.79 Å². The predicted molar refractivity (Wildman–Crippen MR) is 158 cm³/mol. The first-order chi connectivity index (χ1) is 20.3. The number of carbonyl (C=O) groups excluding carboxylic acids is 2. The van der Waals surface area contributed by atoms with Crippen LogP contribution >= 0.6 is 0 Å². The van der Waals surface area contributed by atoms with Crippen LogP contribution < -0.4 is 9.50 Å². The van der Waals surface area contributed by atoms with Crippen molar-refractivity contribution in [2.75, 3.05) is 19.4 Å². The number of nitrogens with one attached hydrogen (secondary N) is 1. The lowest BCUT2D eigenvalue weighted by Crippen LogP contribution is -2.35. The molecule has 0 saturated heterocycles. The van der Waals surface area contributed by atoms with Crippen LogP contribution in [0.15, 0.2) is 103 Å². The maximum Gasteiger partial charge on any atom is 0.407 e. The van der Waals surface area contributed by atoms with Gasteiger partial charge in [0.05, 0.1) is 12.2 Å². The molecule has 1 amide bonds. The van der Waals surface area contributed by atoms with Crippen LogP contribution in [-0.2, 0) is 37.4 Å². The number of amides is 1. The average Bonchev–Trinajstić information content (AvgIpc) is 3.31. The Balaban J connectivity index is 1.22. The van der Waals surface area contributed by atoms with Gasteiger partial charge < -0.3 is 19.0 Å². The van der Waals surface area contributed by atoms with Crippen LogP contribution in [0.25, 0.3) is 11.1 Å². The number of carbonyl (C=O) groups is 2. The zero-order valence-electron chi connectivity index (χ0n) is 23.1. The number of alkyl carbamates (subject to hydrolysis) is 1. The van der Waals surface area contributed by atoms with Gasteiger partial charge in [-0.3, -0.25) is 4.79 Å². The molecule has 42 heavy (non-hydrogen) atoms. The second-order valence-corrected chi connectivity index (χ2v) is 11.7. The fourth-order valence-electron chi connectivity index (χ4n) is 5.08. The van der Waals surface area contributed by atoms with Crippen LogP contribution in [0, 0.1) is 5.92 Å². The summed E-state index contributed by atoms with van der Waals surface area (Å²) in [6, 6.07) is 31.9. The molecule has 0 saturated carbocycles. The van der Waals surface area contributed by atoms with Crippen molar-refractivity contribution in [2.24, 2.45) is 5.92 Å². The Hall–Kier alpha value is -4.63. The van der Waals surface area contributed by atoms with E-state index in [1.807, 2.05) is 66.7 Å². The Bertz CT molecular complexity index is 1610. The molecule has 4 aromatic rings. The topological polar surface area (TPSA) is 108 Å². The van der Waals surface area contributed by atoms with Gasteiger partial charge in [-0.05, 0) is 51.9 Å². The van der Waals surface area contributed by atoms with Gasteiger partial charge in [0.25, 0.3) is 0 Å². The number of esters is 1. The molecule has 216 valence electrons. The first kappa shape index (κ1) is 28.9. The molecule has 0 fully saturated rings. The number of hydrogen-bond donors (Lipinski definition) is 1. The third-order valence-electron chi connectivity index (χ3n) is 7.05. The molecule has 1 atom stereocenters. The van der Waals surface area contributed by atoms with Crippen LogP contribution in [0.3, 0.4) is 0 Å². The Morgan fingerprint density at radius 3 is 1.98 bits per heavy atom. The molecule has 0 spiro atoms. The second-order valence-electron chi connectivity index (χ2n) is 10.1. The summed E-state index contributed by atoms with van der Waals surface area (Å²) in [5.41, 5.74) is 6.07. The summed E-state index contributed by atoms with van der Waals surface area (Å²) in [4.78, 5) is 25.9. The first-order valence-corrected chi connectivity index (χ1v) is 15.4. The minimum atomic E-state index is -3.66. The largest absolute Gasteiger partial charge is 0.461 e. The van der Waals surface area contributed by atoms with Gasteiger partial charge in [0.2, 0.25) is 0 Å². The summed E-state index contributed by atoms with van der Waals surface area (Å²) in [7, 11) is -3.66. The van der Waals surface area contributed by atoms with E-state index in [1.54, 1.807) is 12.1 Å². The van der Waals surface area contributed by atoms with Gasteiger partial charge in [0, 0.05) is 12.5 Å². The SMILES string of the molecule is CS(=O)(=O)Oc1ccc(CC(CNC(=O)OCC2c3ccccc3-c3ccccc32)C(=O)OCc2ccccc2)cc1. The molecule has 0 radical (unpaired) electrons. The number of rotatable bonds is 11. The molecule has 1 aliphatic carbocycles. The molecule has 1 N–H and O–H groups in total. The lowest BCUT2D eigenvalue weighted by atomic mass is 9.98. The molecule has 1 unspecified atom stereocenters. The highest BCUT2D eigenvalue weighted by Gasteiger charge is 2.29. The summed E-state index contributed by atoms with van der Waals surface area (Å²) in [5, 5.41) is 2.73. The van der Waals surface area contributed by atoms with Crippen molar-refractivity contribution < 1.29 is 31.7 Å². The lowest BCUT2D eigenvalue weighted by molar-refractivity contribution is -0.149. The number of ether oxygens (including phenoxy) is 2. The van der Waals surface area contributed by atoms with Gasteiger partial charge in [-0.15, -0.1) is 0 Å².